The lowest BCUT2D eigenvalue weighted by Crippen LogP contribution is -2.22. The number of halogens is 1. The highest BCUT2D eigenvalue weighted by Gasteiger charge is 2.40. The van der Waals surface area contributed by atoms with Crippen LogP contribution in [0.5, 0.6) is 0 Å². The molecular formula is C11H16ClN3O. The highest BCUT2D eigenvalue weighted by atomic mass is 35.5. The van der Waals surface area contributed by atoms with E-state index in [0.29, 0.717) is 11.1 Å². The Morgan fingerprint density at radius 3 is 2.88 bits per heavy atom. The van der Waals surface area contributed by atoms with Crippen LogP contribution in [0.2, 0.25) is 5.02 Å². The molecule has 0 saturated heterocycles. The van der Waals surface area contributed by atoms with Crippen LogP contribution >= 0.6 is 11.6 Å². The Bertz CT molecular complexity index is 451. The van der Waals surface area contributed by atoms with Gasteiger partial charge in [0.15, 0.2) is 0 Å². The van der Waals surface area contributed by atoms with Crippen molar-refractivity contribution in [1.82, 2.24) is 9.78 Å². The number of anilines is 1. The molecule has 1 fully saturated rings. The SMILES string of the molecule is CCC1(CNc2cnn(C)c(=O)c2Cl)CC1. The molecular weight excluding hydrogens is 226 g/mol. The molecule has 88 valence electrons. The number of nitrogens with zero attached hydrogens (tertiary/aromatic N) is 2. The van der Waals surface area contributed by atoms with Crippen molar-refractivity contribution in [3.63, 3.8) is 0 Å². The van der Waals surface area contributed by atoms with Crippen molar-refractivity contribution in [1.29, 1.82) is 0 Å². The molecule has 1 aliphatic carbocycles. The van der Waals surface area contributed by atoms with Gasteiger partial charge in [-0.2, -0.15) is 5.10 Å². The van der Waals surface area contributed by atoms with Crippen LogP contribution in [-0.4, -0.2) is 16.3 Å². The Kier molecular flexibility index (Phi) is 2.93. The second-order valence-corrected chi connectivity index (χ2v) is 4.89. The Morgan fingerprint density at radius 1 is 1.62 bits per heavy atom. The molecule has 4 nitrogen and oxygen atoms in total. The molecule has 0 atom stereocenters. The van der Waals surface area contributed by atoms with Gasteiger partial charge in [0.25, 0.3) is 5.56 Å². The van der Waals surface area contributed by atoms with Crippen molar-refractivity contribution < 1.29 is 0 Å². The predicted molar refractivity (Wildman–Crippen MR) is 64.9 cm³/mol. The molecule has 16 heavy (non-hydrogen) atoms. The van der Waals surface area contributed by atoms with E-state index in [1.807, 2.05) is 0 Å². The minimum Gasteiger partial charge on any atom is -0.382 e. The summed E-state index contributed by atoms with van der Waals surface area (Å²) in [5.41, 5.74) is 0.808. The first-order valence-electron chi connectivity index (χ1n) is 5.54. The van der Waals surface area contributed by atoms with Crippen LogP contribution in [-0.2, 0) is 7.05 Å². The fourth-order valence-electron chi connectivity index (χ4n) is 1.75. The van der Waals surface area contributed by atoms with Crippen molar-refractivity contribution in [2.24, 2.45) is 12.5 Å². The number of aromatic nitrogens is 2. The van der Waals surface area contributed by atoms with Crippen LogP contribution in [0.4, 0.5) is 5.69 Å². The summed E-state index contributed by atoms with van der Waals surface area (Å²) in [6.45, 7) is 3.07. The first-order valence-corrected chi connectivity index (χ1v) is 5.91. The standard InChI is InChI=1S/C11H16ClN3O/c1-3-11(4-5-11)7-13-8-6-14-15(2)10(16)9(8)12/h6,13H,3-5,7H2,1-2H3. The third kappa shape index (κ3) is 2.07. The second-order valence-electron chi connectivity index (χ2n) is 4.51. The monoisotopic (exact) mass is 241 g/mol. The van der Waals surface area contributed by atoms with Gasteiger partial charge in [-0.15, -0.1) is 0 Å². The molecule has 1 N–H and O–H groups in total. The summed E-state index contributed by atoms with van der Waals surface area (Å²) in [4.78, 5) is 11.5. The number of hydrogen-bond donors (Lipinski definition) is 1. The Hall–Kier alpha value is -1.03. The normalized spacial score (nSPS) is 17.2. The van der Waals surface area contributed by atoms with E-state index < -0.39 is 0 Å². The fourth-order valence-corrected chi connectivity index (χ4v) is 1.99. The number of hydrogen-bond acceptors (Lipinski definition) is 3. The molecule has 0 aliphatic heterocycles. The Balaban J connectivity index is 2.11. The van der Waals surface area contributed by atoms with Crippen LogP contribution in [0.3, 0.4) is 0 Å². The van der Waals surface area contributed by atoms with Gasteiger partial charge in [0.05, 0.1) is 11.9 Å². The quantitative estimate of drug-likeness (QED) is 0.878. The van der Waals surface area contributed by atoms with E-state index in [0.717, 1.165) is 13.0 Å². The van der Waals surface area contributed by atoms with Gasteiger partial charge < -0.3 is 5.32 Å². The zero-order chi connectivity index (χ0) is 11.8. The predicted octanol–water partition coefficient (Wildman–Crippen LogP) is 2.04. The third-order valence-corrected chi connectivity index (χ3v) is 3.80. The van der Waals surface area contributed by atoms with Gasteiger partial charge >= 0.3 is 0 Å². The van der Waals surface area contributed by atoms with Crippen LogP contribution in [0.15, 0.2) is 11.0 Å². The van der Waals surface area contributed by atoms with Gasteiger partial charge in [-0.3, -0.25) is 4.79 Å². The average molecular weight is 242 g/mol. The zero-order valence-electron chi connectivity index (χ0n) is 9.59. The number of rotatable bonds is 4. The van der Waals surface area contributed by atoms with E-state index in [-0.39, 0.29) is 10.6 Å². The lowest BCUT2D eigenvalue weighted by atomic mass is 10.0. The van der Waals surface area contributed by atoms with E-state index >= 15 is 0 Å². The lowest BCUT2D eigenvalue weighted by molar-refractivity contribution is 0.521. The van der Waals surface area contributed by atoms with E-state index in [1.54, 1.807) is 13.2 Å². The maximum absolute atomic E-state index is 11.5. The maximum atomic E-state index is 11.5. The molecule has 1 aromatic rings. The minimum absolute atomic E-state index is 0.226. The third-order valence-electron chi connectivity index (χ3n) is 3.44. The van der Waals surface area contributed by atoms with E-state index in [9.17, 15) is 4.79 Å². The summed E-state index contributed by atoms with van der Waals surface area (Å²) in [5.74, 6) is 0. The van der Waals surface area contributed by atoms with E-state index in [4.69, 9.17) is 11.6 Å². The Labute approximate surface area is 99.6 Å². The molecule has 1 saturated carbocycles. The van der Waals surface area contributed by atoms with Crippen molar-refractivity contribution in [3.05, 3.63) is 21.6 Å². The van der Waals surface area contributed by atoms with Gasteiger partial charge in [-0.1, -0.05) is 18.5 Å². The van der Waals surface area contributed by atoms with Crippen LogP contribution in [0, 0.1) is 5.41 Å². The minimum atomic E-state index is -0.256. The molecule has 1 aromatic heterocycles. The molecule has 0 radical (unpaired) electrons. The van der Waals surface area contributed by atoms with Crippen molar-refractivity contribution in [2.45, 2.75) is 26.2 Å². The molecule has 1 aliphatic rings. The highest BCUT2D eigenvalue weighted by molar-refractivity contribution is 6.32. The first kappa shape index (κ1) is 11.5. The molecule has 0 amide bonds. The maximum Gasteiger partial charge on any atom is 0.287 e. The molecule has 5 heteroatoms. The van der Waals surface area contributed by atoms with Gasteiger partial charge in [-0.05, 0) is 24.7 Å². The molecule has 0 unspecified atom stereocenters. The van der Waals surface area contributed by atoms with Crippen molar-refractivity contribution >= 4 is 17.3 Å². The molecule has 0 spiro atoms. The summed E-state index contributed by atoms with van der Waals surface area (Å²) in [7, 11) is 1.59. The highest BCUT2D eigenvalue weighted by Crippen LogP contribution is 2.48. The molecule has 0 bridgehead atoms. The summed E-state index contributed by atoms with van der Waals surface area (Å²) in [6, 6.07) is 0. The van der Waals surface area contributed by atoms with Crippen molar-refractivity contribution in [3.8, 4) is 0 Å². The zero-order valence-corrected chi connectivity index (χ0v) is 10.3. The van der Waals surface area contributed by atoms with Crippen LogP contribution < -0.4 is 10.9 Å². The average Bonchev–Trinajstić information content (AvgIpc) is 3.06. The summed E-state index contributed by atoms with van der Waals surface area (Å²) in [5, 5.41) is 7.40. The van der Waals surface area contributed by atoms with Crippen LogP contribution in [0.25, 0.3) is 0 Å². The van der Waals surface area contributed by atoms with Crippen molar-refractivity contribution in [2.75, 3.05) is 11.9 Å². The fraction of sp³-hybridized carbons (Fsp3) is 0.636. The lowest BCUT2D eigenvalue weighted by Gasteiger charge is -2.15. The first-order chi connectivity index (χ1) is 7.58. The van der Waals surface area contributed by atoms with Gasteiger partial charge in [0, 0.05) is 13.6 Å². The second kappa shape index (κ2) is 4.09. The van der Waals surface area contributed by atoms with Gasteiger partial charge in [0.2, 0.25) is 0 Å². The van der Waals surface area contributed by atoms with Gasteiger partial charge in [0.1, 0.15) is 5.02 Å². The number of aryl methyl sites for hydroxylation is 1. The summed E-state index contributed by atoms with van der Waals surface area (Å²) < 4.78 is 1.24. The molecule has 2 rings (SSSR count). The summed E-state index contributed by atoms with van der Waals surface area (Å²) in [6.07, 6.45) is 5.28. The summed E-state index contributed by atoms with van der Waals surface area (Å²) >= 11 is 5.96. The smallest absolute Gasteiger partial charge is 0.287 e. The Morgan fingerprint density at radius 2 is 2.31 bits per heavy atom. The number of nitrogens with one attached hydrogen (secondary N) is 1. The molecule has 0 aromatic carbocycles. The van der Waals surface area contributed by atoms with Gasteiger partial charge in [-0.25, -0.2) is 4.68 Å². The van der Waals surface area contributed by atoms with Crippen LogP contribution in [0.1, 0.15) is 26.2 Å². The topological polar surface area (TPSA) is 46.9 Å². The largest absolute Gasteiger partial charge is 0.382 e. The molecule has 1 heterocycles. The van der Waals surface area contributed by atoms with E-state index in [2.05, 4.69) is 17.3 Å². The van der Waals surface area contributed by atoms with E-state index in [1.165, 1.54) is 17.5 Å².